The molecule has 1 saturated heterocycles. The Bertz CT molecular complexity index is 646. The fourth-order valence-electron chi connectivity index (χ4n) is 2.92. The highest BCUT2D eigenvalue weighted by Gasteiger charge is 2.28. The Morgan fingerprint density at radius 2 is 1.64 bits per heavy atom. The number of aryl methyl sites for hydroxylation is 1. The van der Waals surface area contributed by atoms with Crippen LogP contribution in [0.5, 0.6) is 5.75 Å². The van der Waals surface area contributed by atoms with E-state index in [0.717, 1.165) is 12.3 Å². The lowest BCUT2D eigenvalue weighted by molar-refractivity contribution is -0.0617. The average molecular weight is 341 g/mol. The monoisotopic (exact) mass is 341 g/mol. The summed E-state index contributed by atoms with van der Waals surface area (Å²) in [6, 6.07) is 16.5. The van der Waals surface area contributed by atoms with Gasteiger partial charge in [-0.1, -0.05) is 42.0 Å². The van der Waals surface area contributed by atoms with Crippen LogP contribution < -0.4 is 10.1 Å². The largest absolute Gasteiger partial charge is 0.489 e. The molecule has 0 unspecified atom stereocenters. The van der Waals surface area contributed by atoms with Crippen molar-refractivity contribution in [2.45, 2.75) is 38.5 Å². The zero-order chi connectivity index (χ0) is 17.5. The minimum atomic E-state index is -0.630. The maximum absolute atomic E-state index is 10.4. The Labute approximate surface area is 149 Å². The molecule has 0 spiro atoms. The van der Waals surface area contributed by atoms with Crippen LogP contribution in [0, 0.1) is 6.92 Å². The lowest BCUT2D eigenvalue weighted by Crippen LogP contribution is -2.44. The molecule has 2 aromatic carbocycles. The van der Waals surface area contributed by atoms with Gasteiger partial charge in [0.25, 0.3) is 0 Å². The van der Waals surface area contributed by atoms with Crippen LogP contribution in [0.2, 0.25) is 0 Å². The van der Waals surface area contributed by atoms with Gasteiger partial charge >= 0.3 is 0 Å². The molecule has 0 atom stereocenters. The van der Waals surface area contributed by atoms with E-state index in [1.807, 2.05) is 12.1 Å². The zero-order valence-electron chi connectivity index (χ0n) is 14.8. The van der Waals surface area contributed by atoms with Gasteiger partial charge in [-0.2, -0.15) is 0 Å². The number of rotatable bonds is 7. The van der Waals surface area contributed by atoms with E-state index in [9.17, 15) is 5.11 Å². The van der Waals surface area contributed by atoms with Crippen LogP contribution >= 0.6 is 0 Å². The van der Waals surface area contributed by atoms with Gasteiger partial charge in [-0.3, -0.25) is 0 Å². The van der Waals surface area contributed by atoms with Crippen LogP contribution in [0.15, 0.2) is 48.5 Å². The SMILES string of the molecule is Cc1ccc(COc2ccc(CNCC3(O)CCOCC3)cc2)cc1. The summed E-state index contributed by atoms with van der Waals surface area (Å²) in [6.45, 7) is 5.28. The molecule has 0 radical (unpaired) electrons. The third-order valence-electron chi connectivity index (χ3n) is 4.66. The van der Waals surface area contributed by atoms with Gasteiger partial charge in [0.1, 0.15) is 12.4 Å². The van der Waals surface area contributed by atoms with Gasteiger partial charge < -0.3 is 19.9 Å². The first-order valence-electron chi connectivity index (χ1n) is 8.91. The van der Waals surface area contributed by atoms with E-state index in [0.29, 0.717) is 39.2 Å². The Hall–Kier alpha value is -1.88. The van der Waals surface area contributed by atoms with Crippen LogP contribution in [-0.2, 0) is 17.9 Å². The smallest absolute Gasteiger partial charge is 0.119 e. The third kappa shape index (κ3) is 5.56. The lowest BCUT2D eigenvalue weighted by Gasteiger charge is -2.32. The molecule has 4 nitrogen and oxygen atoms in total. The van der Waals surface area contributed by atoms with Crippen molar-refractivity contribution in [2.24, 2.45) is 0 Å². The molecule has 1 heterocycles. The van der Waals surface area contributed by atoms with E-state index in [4.69, 9.17) is 9.47 Å². The maximum atomic E-state index is 10.4. The molecular weight excluding hydrogens is 314 g/mol. The average Bonchev–Trinajstić information content (AvgIpc) is 2.63. The molecule has 3 rings (SSSR count). The Kier molecular flexibility index (Phi) is 6.08. The van der Waals surface area contributed by atoms with Crippen molar-refractivity contribution in [3.8, 4) is 5.75 Å². The van der Waals surface area contributed by atoms with Gasteiger partial charge in [-0.25, -0.2) is 0 Å². The van der Waals surface area contributed by atoms with Crippen LogP contribution in [0.3, 0.4) is 0 Å². The van der Waals surface area contributed by atoms with Gasteiger partial charge in [0.15, 0.2) is 0 Å². The van der Waals surface area contributed by atoms with E-state index in [1.165, 1.54) is 16.7 Å². The van der Waals surface area contributed by atoms with Crippen molar-refractivity contribution in [3.05, 3.63) is 65.2 Å². The molecular formula is C21H27NO3. The molecule has 0 saturated carbocycles. The first-order valence-corrected chi connectivity index (χ1v) is 8.91. The topological polar surface area (TPSA) is 50.7 Å². The number of nitrogens with one attached hydrogen (secondary N) is 1. The number of hydrogen-bond acceptors (Lipinski definition) is 4. The van der Waals surface area contributed by atoms with Gasteiger partial charge in [-0.15, -0.1) is 0 Å². The summed E-state index contributed by atoms with van der Waals surface area (Å²) in [5.74, 6) is 0.868. The molecule has 2 N–H and O–H groups in total. The van der Waals surface area contributed by atoms with Crippen molar-refractivity contribution in [3.63, 3.8) is 0 Å². The third-order valence-corrected chi connectivity index (χ3v) is 4.66. The molecule has 134 valence electrons. The summed E-state index contributed by atoms with van der Waals surface area (Å²) in [5.41, 5.74) is 2.97. The van der Waals surface area contributed by atoms with Crippen LogP contribution in [-0.4, -0.2) is 30.5 Å². The maximum Gasteiger partial charge on any atom is 0.119 e. The summed E-state index contributed by atoms with van der Waals surface area (Å²) >= 11 is 0. The molecule has 2 aromatic rings. The molecule has 25 heavy (non-hydrogen) atoms. The molecule has 0 amide bonds. The van der Waals surface area contributed by atoms with E-state index < -0.39 is 5.60 Å². The first-order chi connectivity index (χ1) is 12.1. The predicted molar refractivity (Wildman–Crippen MR) is 98.7 cm³/mol. The van der Waals surface area contributed by atoms with Crippen LogP contribution in [0.1, 0.15) is 29.5 Å². The molecule has 0 bridgehead atoms. The van der Waals surface area contributed by atoms with Crippen LogP contribution in [0.25, 0.3) is 0 Å². The van der Waals surface area contributed by atoms with Crippen molar-refractivity contribution < 1.29 is 14.6 Å². The number of hydrogen-bond donors (Lipinski definition) is 2. The molecule has 1 aliphatic rings. The summed E-state index contributed by atoms with van der Waals surface area (Å²) < 4.78 is 11.1. The standard InChI is InChI=1S/C21H27NO3/c1-17-2-4-19(5-3-17)15-25-20-8-6-18(7-9-20)14-22-16-21(23)10-12-24-13-11-21/h2-9,22-23H,10-16H2,1H3. The second-order valence-electron chi connectivity index (χ2n) is 6.86. The molecule has 0 aromatic heterocycles. The van der Waals surface area contributed by atoms with Crippen molar-refractivity contribution in [1.29, 1.82) is 0 Å². The summed E-state index contributed by atoms with van der Waals surface area (Å²) in [7, 11) is 0. The zero-order valence-corrected chi connectivity index (χ0v) is 14.8. The van der Waals surface area contributed by atoms with E-state index in [-0.39, 0.29) is 0 Å². The highest BCUT2D eigenvalue weighted by Crippen LogP contribution is 2.20. The minimum Gasteiger partial charge on any atom is -0.489 e. The number of ether oxygens (including phenoxy) is 2. The second kappa shape index (κ2) is 8.48. The molecule has 1 aliphatic heterocycles. The summed E-state index contributed by atoms with van der Waals surface area (Å²) in [5, 5.41) is 13.8. The van der Waals surface area contributed by atoms with E-state index in [2.05, 4.69) is 48.6 Å². The van der Waals surface area contributed by atoms with Crippen LogP contribution in [0.4, 0.5) is 0 Å². The van der Waals surface area contributed by atoms with Gasteiger partial charge in [0, 0.05) is 39.1 Å². The fourth-order valence-corrected chi connectivity index (χ4v) is 2.92. The molecule has 1 fully saturated rings. The van der Waals surface area contributed by atoms with Crippen molar-refractivity contribution >= 4 is 0 Å². The Morgan fingerprint density at radius 3 is 2.32 bits per heavy atom. The fraction of sp³-hybridized carbons (Fsp3) is 0.429. The second-order valence-corrected chi connectivity index (χ2v) is 6.86. The molecule has 4 heteroatoms. The van der Waals surface area contributed by atoms with E-state index >= 15 is 0 Å². The quantitative estimate of drug-likeness (QED) is 0.812. The Morgan fingerprint density at radius 1 is 1.00 bits per heavy atom. The molecule has 0 aliphatic carbocycles. The first kappa shape index (κ1) is 17.9. The number of aliphatic hydroxyl groups is 1. The van der Waals surface area contributed by atoms with Crippen molar-refractivity contribution in [2.75, 3.05) is 19.8 Å². The van der Waals surface area contributed by atoms with E-state index in [1.54, 1.807) is 0 Å². The summed E-state index contributed by atoms with van der Waals surface area (Å²) in [6.07, 6.45) is 1.40. The Balaban J connectivity index is 1.43. The normalized spacial score (nSPS) is 16.6. The summed E-state index contributed by atoms with van der Waals surface area (Å²) in [4.78, 5) is 0. The highest BCUT2D eigenvalue weighted by atomic mass is 16.5. The van der Waals surface area contributed by atoms with Gasteiger partial charge in [0.2, 0.25) is 0 Å². The lowest BCUT2D eigenvalue weighted by atomic mass is 9.94. The minimum absolute atomic E-state index is 0.576. The van der Waals surface area contributed by atoms with Gasteiger partial charge in [-0.05, 0) is 30.2 Å². The van der Waals surface area contributed by atoms with Gasteiger partial charge in [0.05, 0.1) is 5.60 Å². The van der Waals surface area contributed by atoms with Crippen molar-refractivity contribution in [1.82, 2.24) is 5.32 Å². The number of benzene rings is 2. The highest BCUT2D eigenvalue weighted by molar-refractivity contribution is 5.28. The predicted octanol–water partition coefficient (Wildman–Crippen LogP) is 3.21.